The summed E-state index contributed by atoms with van der Waals surface area (Å²) in [5.74, 6) is -2.08. The standard InChI is InChI=1S/C13H19N3O3.C2HF3O2/c1-15(2)7-10-5-9-6-16(8-12(9)18-10)13(17)11-3-4-14-19-11;3-2(4,5)1(6)7/h3-4,9-10,12H,5-8H2,1-2H3;(H,6,7)/t9-,10-,12+;/m1./s1. The fourth-order valence-corrected chi connectivity index (χ4v) is 3.03. The number of amides is 1. The summed E-state index contributed by atoms with van der Waals surface area (Å²) in [7, 11) is 4.11. The van der Waals surface area contributed by atoms with Gasteiger partial charge in [0.1, 0.15) is 0 Å². The number of fused-ring (bicyclic) bond motifs is 1. The number of aromatic nitrogens is 1. The van der Waals surface area contributed by atoms with Crippen LogP contribution in [0.3, 0.4) is 0 Å². The molecule has 0 aromatic carbocycles. The van der Waals surface area contributed by atoms with Gasteiger partial charge in [-0.15, -0.1) is 0 Å². The second kappa shape index (κ2) is 8.04. The molecule has 0 bridgehead atoms. The summed E-state index contributed by atoms with van der Waals surface area (Å²) in [5, 5.41) is 10.7. The zero-order valence-corrected chi connectivity index (χ0v) is 14.3. The third-order valence-electron chi connectivity index (χ3n) is 4.06. The number of carboxylic acid groups (broad SMARTS) is 1. The van der Waals surface area contributed by atoms with Gasteiger partial charge in [-0.2, -0.15) is 13.2 Å². The third kappa shape index (κ3) is 5.18. The van der Waals surface area contributed by atoms with Crippen LogP contribution in [0.2, 0.25) is 0 Å². The van der Waals surface area contributed by atoms with Gasteiger partial charge in [-0.1, -0.05) is 5.16 Å². The number of alkyl halides is 3. The molecule has 2 aliphatic rings. The molecule has 3 heterocycles. The van der Waals surface area contributed by atoms with E-state index in [4.69, 9.17) is 19.2 Å². The molecule has 1 N–H and O–H groups in total. The van der Waals surface area contributed by atoms with Gasteiger partial charge in [0.25, 0.3) is 5.91 Å². The molecule has 0 aliphatic carbocycles. The van der Waals surface area contributed by atoms with E-state index in [1.807, 2.05) is 4.90 Å². The first-order valence-electron chi connectivity index (χ1n) is 7.88. The summed E-state index contributed by atoms with van der Waals surface area (Å²) in [4.78, 5) is 25.0. The van der Waals surface area contributed by atoms with Crippen LogP contribution in [0.25, 0.3) is 0 Å². The number of halogens is 3. The number of carbonyl (C=O) groups excluding carboxylic acids is 1. The maximum Gasteiger partial charge on any atom is 0.490 e. The van der Waals surface area contributed by atoms with E-state index in [0.717, 1.165) is 19.5 Å². The lowest BCUT2D eigenvalue weighted by Crippen LogP contribution is -2.33. The van der Waals surface area contributed by atoms with E-state index in [2.05, 4.69) is 24.2 Å². The fraction of sp³-hybridized carbons (Fsp3) is 0.667. The lowest BCUT2D eigenvalue weighted by molar-refractivity contribution is -0.192. The second-order valence-electron chi connectivity index (χ2n) is 6.44. The molecule has 8 nitrogen and oxygen atoms in total. The molecule has 1 aromatic rings. The number of carbonyl (C=O) groups is 2. The van der Waals surface area contributed by atoms with Crippen molar-refractivity contribution in [2.75, 3.05) is 33.7 Å². The van der Waals surface area contributed by atoms with E-state index in [1.165, 1.54) is 6.20 Å². The van der Waals surface area contributed by atoms with Gasteiger partial charge in [0.2, 0.25) is 5.76 Å². The maximum atomic E-state index is 12.1. The summed E-state index contributed by atoms with van der Waals surface area (Å²) >= 11 is 0. The molecule has 1 amide bonds. The van der Waals surface area contributed by atoms with Gasteiger partial charge in [0.15, 0.2) is 0 Å². The Bertz CT molecular complexity index is 607. The highest BCUT2D eigenvalue weighted by Crippen LogP contribution is 2.33. The largest absolute Gasteiger partial charge is 0.490 e. The van der Waals surface area contributed by atoms with Crippen molar-refractivity contribution in [3.05, 3.63) is 18.0 Å². The van der Waals surface area contributed by atoms with Crippen molar-refractivity contribution in [1.82, 2.24) is 15.0 Å². The maximum absolute atomic E-state index is 12.1. The van der Waals surface area contributed by atoms with Crippen molar-refractivity contribution < 1.29 is 37.1 Å². The van der Waals surface area contributed by atoms with Gasteiger partial charge in [0, 0.05) is 31.6 Å². The highest BCUT2D eigenvalue weighted by molar-refractivity contribution is 5.91. The van der Waals surface area contributed by atoms with Gasteiger partial charge in [-0.25, -0.2) is 4.79 Å². The normalized spacial score (nSPS) is 25.0. The van der Waals surface area contributed by atoms with Crippen molar-refractivity contribution in [2.45, 2.75) is 24.8 Å². The minimum Gasteiger partial charge on any atom is -0.475 e. The Kier molecular flexibility index (Phi) is 6.24. The van der Waals surface area contributed by atoms with Gasteiger partial charge in [-0.05, 0) is 20.5 Å². The molecule has 0 saturated carbocycles. The Morgan fingerprint density at radius 2 is 2.04 bits per heavy atom. The highest BCUT2D eigenvalue weighted by Gasteiger charge is 2.44. The van der Waals surface area contributed by atoms with Crippen LogP contribution in [-0.2, 0) is 9.53 Å². The van der Waals surface area contributed by atoms with Crippen molar-refractivity contribution in [3.63, 3.8) is 0 Å². The third-order valence-corrected chi connectivity index (χ3v) is 4.06. The molecule has 0 unspecified atom stereocenters. The zero-order valence-electron chi connectivity index (χ0n) is 14.3. The average molecular weight is 379 g/mol. The van der Waals surface area contributed by atoms with E-state index >= 15 is 0 Å². The van der Waals surface area contributed by atoms with Gasteiger partial charge in [-0.3, -0.25) is 4.79 Å². The Morgan fingerprint density at radius 3 is 2.50 bits per heavy atom. The quantitative estimate of drug-likeness (QED) is 0.840. The van der Waals surface area contributed by atoms with Crippen LogP contribution in [-0.4, -0.2) is 84.1 Å². The Labute approximate surface area is 147 Å². The second-order valence-corrected chi connectivity index (χ2v) is 6.44. The predicted octanol–water partition coefficient (Wildman–Crippen LogP) is 1.10. The van der Waals surface area contributed by atoms with Crippen molar-refractivity contribution >= 4 is 11.9 Å². The van der Waals surface area contributed by atoms with Crippen LogP contribution in [0.15, 0.2) is 16.8 Å². The van der Waals surface area contributed by atoms with E-state index < -0.39 is 12.1 Å². The minimum atomic E-state index is -5.08. The van der Waals surface area contributed by atoms with Crippen LogP contribution >= 0.6 is 0 Å². The highest BCUT2D eigenvalue weighted by atomic mass is 19.4. The van der Waals surface area contributed by atoms with Crippen molar-refractivity contribution in [1.29, 1.82) is 0 Å². The molecule has 1 aromatic heterocycles. The molecule has 0 spiro atoms. The van der Waals surface area contributed by atoms with Crippen LogP contribution in [0.4, 0.5) is 13.2 Å². The van der Waals surface area contributed by atoms with Crippen molar-refractivity contribution in [2.24, 2.45) is 5.92 Å². The molecule has 3 atom stereocenters. The number of hydrogen-bond acceptors (Lipinski definition) is 6. The van der Waals surface area contributed by atoms with Gasteiger partial charge in [0.05, 0.1) is 18.4 Å². The first-order valence-corrected chi connectivity index (χ1v) is 7.88. The fourth-order valence-electron chi connectivity index (χ4n) is 3.03. The zero-order chi connectivity index (χ0) is 19.5. The van der Waals surface area contributed by atoms with E-state index in [9.17, 15) is 18.0 Å². The first-order chi connectivity index (χ1) is 12.1. The summed E-state index contributed by atoms with van der Waals surface area (Å²) < 4.78 is 42.7. The Morgan fingerprint density at radius 1 is 1.38 bits per heavy atom. The number of nitrogens with zero attached hydrogens (tertiary/aromatic N) is 3. The van der Waals surface area contributed by atoms with Crippen LogP contribution in [0.5, 0.6) is 0 Å². The number of likely N-dealkylation sites (tertiary alicyclic amines) is 1. The summed E-state index contributed by atoms with van der Waals surface area (Å²) in [6, 6.07) is 1.60. The Hall–Kier alpha value is -2.14. The topological polar surface area (TPSA) is 96.1 Å². The first kappa shape index (κ1) is 20.2. The summed E-state index contributed by atoms with van der Waals surface area (Å²) in [6.07, 6.45) is -2.08. The number of likely N-dealkylation sites (N-methyl/N-ethyl adjacent to an activating group) is 1. The molecular weight excluding hydrogens is 359 g/mol. The van der Waals surface area contributed by atoms with E-state index in [-0.39, 0.29) is 12.0 Å². The van der Waals surface area contributed by atoms with Crippen LogP contribution < -0.4 is 0 Å². The SMILES string of the molecule is CN(C)C[C@H]1C[C@@H]2CN(C(=O)c3ccno3)C[C@@H]2O1.O=C(O)C(F)(F)F. The Balaban J connectivity index is 0.000000298. The minimum absolute atomic E-state index is 0.0836. The van der Waals surface area contributed by atoms with Crippen molar-refractivity contribution in [3.8, 4) is 0 Å². The molecule has 3 rings (SSSR count). The molecule has 2 aliphatic heterocycles. The van der Waals surface area contributed by atoms with E-state index in [1.54, 1.807) is 6.07 Å². The van der Waals surface area contributed by atoms with Crippen LogP contribution in [0, 0.1) is 5.92 Å². The van der Waals surface area contributed by atoms with E-state index in [0.29, 0.717) is 24.3 Å². The number of aliphatic carboxylic acids is 1. The average Bonchev–Trinajstić information content (AvgIpc) is 3.20. The van der Waals surface area contributed by atoms with Gasteiger partial charge < -0.3 is 24.2 Å². The molecule has 0 radical (unpaired) electrons. The molecular formula is C15H20F3N3O5. The molecule has 146 valence electrons. The molecule has 11 heteroatoms. The number of hydrogen-bond donors (Lipinski definition) is 1. The summed E-state index contributed by atoms with van der Waals surface area (Å²) in [5.41, 5.74) is 0. The smallest absolute Gasteiger partial charge is 0.475 e. The van der Waals surface area contributed by atoms with Gasteiger partial charge >= 0.3 is 12.1 Å². The predicted molar refractivity (Wildman–Crippen MR) is 81.4 cm³/mol. The number of ether oxygens (including phenoxy) is 1. The monoisotopic (exact) mass is 379 g/mol. The lowest BCUT2D eigenvalue weighted by Gasteiger charge is -2.20. The number of carboxylic acids is 1. The molecule has 2 fully saturated rings. The summed E-state index contributed by atoms with van der Waals surface area (Å²) in [6.45, 7) is 2.37. The number of rotatable bonds is 3. The molecule has 26 heavy (non-hydrogen) atoms. The molecule has 2 saturated heterocycles. The lowest BCUT2D eigenvalue weighted by atomic mass is 10.0. The van der Waals surface area contributed by atoms with Crippen LogP contribution in [0.1, 0.15) is 17.0 Å².